The van der Waals surface area contributed by atoms with Crippen LogP contribution in [0.1, 0.15) is 22.4 Å². The lowest BCUT2D eigenvalue weighted by Gasteiger charge is -2.04. The summed E-state index contributed by atoms with van der Waals surface area (Å²) in [5.41, 5.74) is 5.59. The molecule has 4 N–H and O–H groups in total. The fourth-order valence-electron chi connectivity index (χ4n) is 3.47. The van der Waals surface area contributed by atoms with E-state index in [0.717, 1.165) is 44.8 Å². The smallest absolute Gasteiger partial charge is 0.148 e. The molecule has 0 aliphatic carbocycles. The highest BCUT2D eigenvalue weighted by atomic mass is 19.1. The molecule has 3 aromatic heterocycles. The van der Waals surface area contributed by atoms with Crippen LogP contribution in [0.2, 0.25) is 0 Å². The number of rotatable bonds is 8. The molecule has 0 fully saturated rings. The molecule has 4 rings (SSSR count). The van der Waals surface area contributed by atoms with Crippen molar-refractivity contribution in [2.24, 2.45) is 7.05 Å². The molecule has 158 valence electrons. The molecule has 7 nitrogen and oxygen atoms in total. The molecule has 0 radical (unpaired) electrons. The summed E-state index contributed by atoms with van der Waals surface area (Å²) in [6, 6.07) is 10.5. The second-order valence-electron chi connectivity index (χ2n) is 7.27. The number of H-pyrrole nitrogens is 1. The molecule has 0 bridgehead atoms. The van der Waals surface area contributed by atoms with Crippen LogP contribution in [-0.4, -0.2) is 33.0 Å². The number of aryl methyl sites for hydroxylation is 1. The molecule has 3 heterocycles. The highest BCUT2D eigenvalue weighted by Gasteiger charge is 2.12. The van der Waals surface area contributed by atoms with Crippen molar-refractivity contribution in [1.82, 2.24) is 25.1 Å². The van der Waals surface area contributed by atoms with Crippen molar-refractivity contribution in [2.45, 2.75) is 13.0 Å². The van der Waals surface area contributed by atoms with Crippen LogP contribution in [0.15, 0.2) is 55.0 Å². The van der Waals surface area contributed by atoms with Crippen molar-refractivity contribution in [3.8, 4) is 0 Å². The van der Waals surface area contributed by atoms with Crippen molar-refractivity contribution in [2.75, 3.05) is 12.4 Å². The summed E-state index contributed by atoms with van der Waals surface area (Å²) in [5.74, 6) is 0.526. The number of nitrogens with one attached hydrogen (secondary N) is 4. The van der Waals surface area contributed by atoms with Crippen LogP contribution < -0.4 is 10.6 Å². The molecule has 0 atom stereocenters. The number of aromatic nitrogens is 4. The van der Waals surface area contributed by atoms with Gasteiger partial charge in [0.25, 0.3) is 0 Å². The normalized spacial score (nSPS) is 11.6. The Hall–Kier alpha value is -3.94. The number of benzene rings is 1. The summed E-state index contributed by atoms with van der Waals surface area (Å²) < 4.78 is 14.9. The minimum Gasteiger partial charge on any atom is -0.393 e. The lowest BCUT2D eigenvalue weighted by Crippen LogP contribution is -2.01. The fraction of sp³-hybridized carbons (Fsp3) is 0.174. The average Bonchev–Trinajstić information content (AvgIpc) is 3.34. The number of hydrogen-bond donors (Lipinski definition) is 4. The van der Waals surface area contributed by atoms with E-state index in [1.165, 1.54) is 18.3 Å². The van der Waals surface area contributed by atoms with Gasteiger partial charge in [0, 0.05) is 80.2 Å². The van der Waals surface area contributed by atoms with Crippen molar-refractivity contribution >= 4 is 28.6 Å². The summed E-state index contributed by atoms with van der Waals surface area (Å²) in [6.07, 6.45) is 7.50. The number of allylic oxidation sites excluding steroid dienone is 1. The van der Waals surface area contributed by atoms with E-state index >= 15 is 0 Å². The van der Waals surface area contributed by atoms with Gasteiger partial charge >= 0.3 is 0 Å². The number of nitrogens with zero attached hydrogens (tertiary/aromatic N) is 3. The number of hydrogen-bond acceptors (Lipinski definition) is 5. The highest BCUT2D eigenvalue weighted by Crippen LogP contribution is 2.24. The molecule has 0 amide bonds. The van der Waals surface area contributed by atoms with E-state index in [1.54, 1.807) is 31.6 Å². The van der Waals surface area contributed by atoms with E-state index in [-0.39, 0.29) is 5.82 Å². The maximum Gasteiger partial charge on any atom is 0.148 e. The molecule has 0 unspecified atom stereocenters. The zero-order chi connectivity index (χ0) is 21.8. The number of anilines is 1. The number of fused-ring (bicyclic) bond motifs is 1. The van der Waals surface area contributed by atoms with Crippen LogP contribution >= 0.6 is 0 Å². The third-order valence-electron chi connectivity index (χ3n) is 5.14. The number of aromatic amines is 1. The highest BCUT2D eigenvalue weighted by molar-refractivity contribution is 6.09. The van der Waals surface area contributed by atoms with Crippen molar-refractivity contribution in [3.05, 3.63) is 83.2 Å². The van der Waals surface area contributed by atoms with Crippen LogP contribution in [0.4, 0.5) is 10.2 Å². The Labute approximate surface area is 179 Å². The Bertz CT molecular complexity index is 1230. The third kappa shape index (κ3) is 4.48. The number of halogens is 1. The first-order valence-electron chi connectivity index (χ1n) is 9.93. The standard InChI is InChI=1S/C23H24FN7/c1-26-12-18(10-25)16-8-21-17(14-29-23(21)28-13-16)7-20-9-22(30-31(20)2)27-11-15-3-5-19(24)6-4-15/h3-6,8-10,12-14,25-26H,7,11H2,1-2H3,(H,27,30)(H,28,29)/b18-12+,25-10?. The van der Waals surface area contributed by atoms with E-state index in [2.05, 4.69) is 25.7 Å². The van der Waals surface area contributed by atoms with Gasteiger partial charge in [0.2, 0.25) is 0 Å². The molecule has 0 saturated heterocycles. The van der Waals surface area contributed by atoms with E-state index in [1.807, 2.05) is 30.1 Å². The summed E-state index contributed by atoms with van der Waals surface area (Å²) in [5, 5.41) is 19.5. The quantitative estimate of drug-likeness (QED) is 0.328. The van der Waals surface area contributed by atoms with Gasteiger partial charge in [-0.3, -0.25) is 4.68 Å². The van der Waals surface area contributed by atoms with Crippen LogP contribution in [0.3, 0.4) is 0 Å². The first-order chi connectivity index (χ1) is 15.1. The van der Waals surface area contributed by atoms with Gasteiger partial charge in [-0.1, -0.05) is 12.1 Å². The Morgan fingerprint density at radius 1 is 1.26 bits per heavy atom. The summed E-state index contributed by atoms with van der Waals surface area (Å²) in [6.45, 7) is 0.571. The average molecular weight is 417 g/mol. The minimum atomic E-state index is -0.241. The van der Waals surface area contributed by atoms with Gasteiger partial charge in [-0.25, -0.2) is 9.37 Å². The summed E-state index contributed by atoms with van der Waals surface area (Å²) in [7, 11) is 3.72. The van der Waals surface area contributed by atoms with Gasteiger partial charge in [-0.05, 0) is 29.3 Å². The maximum atomic E-state index is 13.1. The Kier molecular flexibility index (Phi) is 5.79. The summed E-state index contributed by atoms with van der Waals surface area (Å²) >= 11 is 0. The predicted octanol–water partition coefficient (Wildman–Crippen LogP) is 3.85. The van der Waals surface area contributed by atoms with Gasteiger partial charge in [-0.15, -0.1) is 0 Å². The Balaban J connectivity index is 1.54. The van der Waals surface area contributed by atoms with E-state index in [9.17, 15) is 4.39 Å². The second kappa shape index (κ2) is 8.83. The zero-order valence-electron chi connectivity index (χ0n) is 17.4. The monoisotopic (exact) mass is 417 g/mol. The second-order valence-corrected chi connectivity index (χ2v) is 7.27. The van der Waals surface area contributed by atoms with Crippen molar-refractivity contribution < 1.29 is 4.39 Å². The zero-order valence-corrected chi connectivity index (χ0v) is 17.4. The molecule has 0 saturated carbocycles. The van der Waals surface area contributed by atoms with Crippen LogP contribution in [-0.2, 0) is 20.0 Å². The molecular formula is C23H24FN7. The van der Waals surface area contributed by atoms with Crippen molar-refractivity contribution in [3.63, 3.8) is 0 Å². The van der Waals surface area contributed by atoms with Gasteiger partial charge in [0.05, 0.1) is 0 Å². The molecule has 31 heavy (non-hydrogen) atoms. The topological polar surface area (TPSA) is 94.4 Å². The van der Waals surface area contributed by atoms with Crippen LogP contribution in [0.25, 0.3) is 16.6 Å². The molecule has 4 aromatic rings. The van der Waals surface area contributed by atoms with Gasteiger partial charge in [-0.2, -0.15) is 5.10 Å². The molecule has 8 heteroatoms. The predicted molar refractivity (Wildman–Crippen MR) is 122 cm³/mol. The minimum absolute atomic E-state index is 0.241. The molecule has 0 spiro atoms. The van der Waals surface area contributed by atoms with Gasteiger partial charge in [0.15, 0.2) is 0 Å². The van der Waals surface area contributed by atoms with Crippen molar-refractivity contribution in [1.29, 1.82) is 5.41 Å². The van der Waals surface area contributed by atoms with Gasteiger partial charge < -0.3 is 21.0 Å². The molecular weight excluding hydrogens is 393 g/mol. The first-order valence-corrected chi connectivity index (χ1v) is 9.93. The van der Waals surface area contributed by atoms with Crippen LogP contribution in [0.5, 0.6) is 0 Å². The van der Waals surface area contributed by atoms with E-state index in [0.29, 0.717) is 13.0 Å². The third-order valence-corrected chi connectivity index (χ3v) is 5.14. The Morgan fingerprint density at radius 2 is 2.06 bits per heavy atom. The fourth-order valence-corrected chi connectivity index (χ4v) is 3.47. The van der Waals surface area contributed by atoms with E-state index in [4.69, 9.17) is 5.41 Å². The largest absolute Gasteiger partial charge is 0.393 e. The Morgan fingerprint density at radius 3 is 2.81 bits per heavy atom. The number of pyridine rings is 1. The maximum absolute atomic E-state index is 13.1. The molecule has 0 aliphatic heterocycles. The SMILES string of the molecule is CN/C=C(\C=N)c1cnc2[nH]cc(Cc3cc(NCc4ccc(F)cc4)nn3C)c2c1. The van der Waals surface area contributed by atoms with E-state index < -0.39 is 0 Å². The van der Waals surface area contributed by atoms with Crippen LogP contribution in [0, 0.1) is 11.2 Å². The first kappa shape index (κ1) is 20.3. The molecule has 1 aromatic carbocycles. The molecule has 0 aliphatic rings. The summed E-state index contributed by atoms with van der Waals surface area (Å²) in [4.78, 5) is 7.73. The lowest BCUT2D eigenvalue weighted by atomic mass is 10.1. The lowest BCUT2D eigenvalue weighted by molar-refractivity contribution is 0.627. The van der Waals surface area contributed by atoms with Gasteiger partial charge in [0.1, 0.15) is 17.3 Å².